The highest BCUT2D eigenvalue weighted by Crippen LogP contribution is 2.47. The van der Waals surface area contributed by atoms with E-state index in [1.165, 1.54) is 12.1 Å². The fourth-order valence-corrected chi connectivity index (χ4v) is 3.45. The Morgan fingerprint density at radius 1 is 1.30 bits per heavy atom. The molecule has 0 aromatic heterocycles. The van der Waals surface area contributed by atoms with Crippen LogP contribution in [-0.4, -0.2) is 44.0 Å². The quantitative estimate of drug-likeness (QED) is 0.841. The third-order valence-electron chi connectivity index (χ3n) is 4.23. The maximum absolute atomic E-state index is 13.8. The lowest BCUT2D eigenvalue weighted by Crippen LogP contribution is -2.59. The van der Waals surface area contributed by atoms with Crippen LogP contribution in [0, 0.1) is 0 Å². The number of nitrogens with zero attached hydrogens (tertiary/aromatic N) is 1. The molecule has 23 heavy (non-hydrogen) atoms. The number of alkyl halides is 3. The zero-order valence-corrected chi connectivity index (χ0v) is 13.7. The average Bonchev–Trinajstić information content (AvgIpc) is 2.43. The van der Waals surface area contributed by atoms with Crippen LogP contribution in [0.1, 0.15) is 24.5 Å². The Morgan fingerprint density at radius 3 is 2.48 bits per heavy atom. The first kappa shape index (κ1) is 17.8. The molecule has 2 rings (SSSR count). The molecule has 0 aliphatic carbocycles. The summed E-state index contributed by atoms with van der Waals surface area (Å²) >= 11 is 0. The van der Waals surface area contributed by atoms with E-state index in [2.05, 4.69) is 0 Å². The number of hydrogen-bond acceptors (Lipinski definition) is 3. The van der Waals surface area contributed by atoms with Gasteiger partial charge in [0.25, 0.3) is 0 Å². The molecule has 1 aliphatic heterocycles. The van der Waals surface area contributed by atoms with Gasteiger partial charge in [0.15, 0.2) is 5.54 Å². The molecule has 1 amide bonds. The first-order chi connectivity index (χ1) is 10.5. The highest BCUT2D eigenvalue weighted by Gasteiger charge is 2.59. The lowest BCUT2D eigenvalue weighted by atomic mass is 9.81. The van der Waals surface area contributed by atoms with Crippen molar-refractivity contribution in [1.29, 1.82) is 0 Å². The molecular weight excluding hydrogens is 331 g/mol. The predicted octanol–water partition coefficient (Wildman–Crippen LogP) is 2.28. The van der Waals surface area contributed by atoms with Gasteiger partial charge < -0.3 is 4.90 Å². The summed E-state index contributed by atoms with van der Waals surface area (Å²) in [4.78, 5) is 13.0. The number of halogens is 3. The second-order valence-electron chi connectivity index (χ2n) is 5.90. The van der Waals surface area contributed by atoms with E-state index in [-0.39, 0.29) is 12.1 Å². The van der Waals surface area contributed by atoms with E-state index in [0.29, 0.717) is 12.0 Å². The lowest BCUT2D eigenvalue weighted by molar-refractivity contribution is -0.234. The number of hydrogen-bond donors (Lipinski definition) is 0. The summed E-state index contributed by atoms with van der Waals surface area (Å²) in [6, 6.07) is 6.17. The molecule has 0 radical (unpaired) electrons. The van der Waals surface area contributed by atoms with Crippen LogP contribution in [0.4, 0.5) is 13.2 Å². The van der Waals surface area contributed by atoms with Crippen molar-refractivity contribution in [1.82, 2.24) is 4.90 Å². The summed E-state index contributed by atoms with van der Waals surface area (Å²) in [5.41, 5.74) is -1.85. The normalized spacial score (nSPS) is 21.9. The maximum atomic E-state index is 13.8. The zero-order chi connectivity index (χ0) is 17.5. The van der Waals surface area contributed by atoms with Crippen LogP contribution >= 0.6 is 0 Å². The van der Waals surface area contributed by atoms with Gasteiger partial charge in [0.1, 0.15) is 9.84 Å². The van der Waals surface area contributed by atoms with E-state index in [1.807, 2.05) is 0 Å². The van der Waals surface area contributed by atoms with Gasteiger partial charge in [-0.15, -0.1) is 0 Å². The van der Waals surface area contributed by atoms with E-state index in [4.69, 9.17) is 0 Å². The maximum Gasteiger partial charge on any atom is 0.415 e. The number of rotatable bonds is 3. The van der Waals surface area contributed by atoms with E-state index in [0.717, 1.165) is 18.1 Å². The first-order valence-corrected chi connectivity index (χ1v) is 9.16. The molecule has 128 valence electrons. The van der Waals surface area contributed by atoms with Gasteiger partial charge in [-0.05, 0) is 24.5 Å². The van der Waals surface area contributed by atoms with Gasteiger partial charge in [-0.3, -0.25) is 4.79 Å². The van der Waals surface area contributed by atoms with E-state index in [1.54, 1.807) is 12.1 Å². The molecule has 1 aromatic rings. The Kier molecular flexibility index (Phi) is 4.49. The van der Waals surface area contributed by atoms with Crippen LogP contribution in [0.25, 0.3) is 0 Å². The van der Waals surface area contributed by atoms with Crippen LogP contribution < -0.4 is 0 Å². The summed E-state index contributed by atoms with van der Waals surface area (Å²) in [6.45, 7) is 0.888. The zero-order valence-electron chi connectivity index (χ0n) is 12.9. The molecule has 0 saturated carbocycles. The van der Waals surface area contributed by atoms with Crippen molar-refractivity contribution in [3.8, 4) is 0 Å². The van der Waals surface area contributed by atoms with Gasteiger partial charge in [0.2, 0.25) is 5.91 Å². The van der Waals surface area contributed by atoms with Crippen molar-refractivity contribution >= 4 is 15.7 Å². The van der Waals surface area contributed by atoms with Crippen molar-refractivity contribution in [2.24, 2.45) is 0 Å². The first-order valence-electron chi connectivity index (χ1n) is 7.10. The third kappa shape index (κ3) is 3.36. The van der Waals surface area contributed by atoms with Crippen LogP contribution in [-0.2, 0) is 26.6 Å². The summed E-state index contributed by atoms with van der Waals surface area (Å²) in [6.07, 6.45) is -3.85. The van der Waals surface area contributed by atoms with Crippen LogP contribution in [0.2, 0.25) is 0 Å². The summed E-state index contributed by atoms with van der Waals surface area (Å²) < 4.78 is 63.7. The van der Waals surface area contributed by atoms with Gasteiger partial charge in [0, 0.05) is 19.2 Å². The van der Waals surface area contributed by atoms with Crippen molar-refractivity contribution in [3.05, 3.63) is 35.4 Å². The van der Waals surface area contributed by atoms with Gasteiger partial charge >= 0.3 is 6.18 Å². The lowest BCUT2D eigenvalue weighted by Gasteiger charge is -2.46. The number of sulfone groups is 1. The molecular formula is C15H18F3NO3S. The number of fused-ring (bicyclic) bond motifs is 1. The molecule has 1 aromatic carbocycles. The summed E-state index contributed by atoms with van der Waals surface area (Å²) in [5.74, 6) is -1.26. The summed E-state index contributed by atoms with van der Waals surface area (Å²) in [5, 5.41) is 0. The molecule has 0 saturated heterocycles. The second kappa shape index (κ2) is 5.81. The third-order valence-corrected chi connectivity index (χ3v) is 5.17. The molecule has 1 aliphatic rings. The van der Waals surface area contributed by atoms with Crippen LogP contribution in [0.5, 0.6) is 0 Å². The molecule has 0 N–H and O–H groups in total. The molecule has 1 heterocycles. The van der Waals surface area contributed by atoms with Gasteiger partial charge in [0.05, 0.1) is 5.75 Å². The summed E-state index contributed by atoms with van der Waals surface area (Å²) in [7, 11) is -3.42. The fourth-order valence-electron chi connectivity index (χ4n) is 2.90. The molecule has 0 fully saturated rings. The van der Waals surface area contributed by atoms with Gasteiger partial charge in [-0.25, -0.2) is 8.42 Å². The Hall–Kier alpha value is -1.57. The fraction of sp³-hybridized carbons (Fsp3) is 0.533. The number of carbonyl (C=O) groups excluding carboxylic acids is 1. The van der Waals surface area contributed by atoms with Gasteiger partial charge in [-0.2, -0.15) is 13.2 Å². The standard InChI is InChI=1S/C15H18F3NO3S/c1-14(15(16,17)18)12-6-4-3-5-11(12)7-9-19(14)13(20)8-10-23(2,21)22/h3-6H,7-10H2,1-2H3. The molecule has 0 bridgehead atoms. The topological polar surface area (TPSA) is 54.5 Å². The minimum atomic E-state index is -4.66. The Bertz CT molecular complexity index is 715. The molecule has 0 spiro atoms. The smallest absolute Gasteiger partial charge is 0.324 e. The van der Waals surface area contributed by atoms with Crippen molar-refractivity contribution in [2.75, 3.05) is 18.6 Å². The minimum absolute atomic E-state index is 0.0476. The Morgan fingerprint density at radius 2 is 1.91 bits per heavy atom. The number of amides is 1. The van der Waals surface area contributed by atoms with E-state index >= 15 is 0 Å². The van der Waals surface area contributed by atoms with Gasteiger partial charge in [-0.1, -0.05) is 24.3 Å². The van der Waals surface area contributed by atoms with Crippen molar-refractivity contribution in [2.45, 2.75) is 31.5 Å². The molecule has 1 unspecified atom stereocenters. The largest absolute Gasteiger partial charge is 0.415 e. The van der Waals surface area contributed by atoms with Crippen molar-refractivity contribution in [3.63, 3.8) is 0 Å². The molecule has 4 nitrogen and oxygen atoms in total. The highest BCUT2D eigenvalue weighted by molar-refractivity contribution is 7.90. The second-order valence-corrected chi connectivity index (χ2v) is 8.16. The van der Waals surface area contributed by atoms with E-state index < -0.39 is 39.6 Å². The Balaban J connectivity index is 2.42. The number of benzene rings is 1. The highest BCUT2D eigenvalue weighted by atomic mass is 32.2. The van der Waals surface area contributed by atoms with Crippen molar-refractivity contribution < 1.29 is 26.4 Å². The van der Waals surface area contributed by atoms with Crippen LogP contribution in [0.15, 0.2) is 24.3 Å². The number of carbonyl (C=O) groups is 1. The van der Waals surface area contributed by atoms with E-state index in [9.17, 15) is 26.4 Å². The van der Waals surface area contributed by atoms with Crippen LogP contribution in [0.3, 0.4) is 0 Å². The molecule has 8 heteroatoms. The average molecular weight is 349 g/mol. The minimum Gasteiger partial charge on any atom is -0.324 e. The monoisotopic (exact) mass is 349 g/mol. The predicted molar refractivity (Wildman–Crippen MR) is 79.6 cm³/mol. The molecule has 1 atom stereocenters. The Labute approximate surface area is 133 Å². The SMILES string of the molecule is CC1(C(F)(F)F)c2ccccc2CCN1C(=O)CCS(C)(=O)=O.